The van der Waals surface area contributed by atoms with E-state index in [-0.39, 0.29) is 31.4 Å². The molecule has 1 aliphatic heterocycles. The van der Waals surface area contributed by atoms with Crippen LogP contribution in [0.5, 0.6) is 0 Å². The smallest absolute Gasteiger partial charge is 0.315 e. The molecule has 1 fully saturated rings. The summed E-state index contributed by atoms with van der Waals surface area (Å²) in [4.78, 5) is 12.0. The summed E-state index contributed by atoms with van der Waals surface area (Å²) >= 11 is 0. The van der Waals surface area contributed by atoms with Gasteiger partial charge in [-0.25, -0.2) is 4.79 Å². The van der Waals surface area contributed by atoms with Crippen molar-refractivity contribution in [3.63, 3.8) is 0 Å². The van der Waals surface area contributed by atoms with Crippen LogP contribution in [0.25, 0.3) is 0 Å². The summed E-state index contributed by atoms with van der Waals surface area (Å²) in [5.74, 6) is 0. The summed E-state index contributed by atoms with van der Waals surface area (Å²) in [6.07, 6.45) is 1.41. The molecule has 3 N–H and O–H groups in total. The van der Waals surface area contributed by atoms with E-state index in [1.807, 2.05) is 31.2 Å². The van der Waals surface area contributed by atoms with Gasteiger partial charge in [0.1, 0.15) is 0 Å². The first-order chi connectivity index (χ1) is 11.2. The minimum Gasteiger partial charge on any atom is -0.394 e. The van der Waals surface area contributed by atoms with Gasteiger partial charge in [0.2, 0.25) is 0 Å². The fraction of sp³-hybridized carbons (Fsp3) is 0.588. The Balaban J connectivity index is 1.84. The van der Waals surface area contributed by atoms with Crippen LogP contribution in [0.1, 0.15) is 30.1 Å². The Morgan fingerprint density at radius 3 is 2.70 bits per heavy atom. The van der Waals surface area contributed by atoms with Crippen LogP contribution in [0.15, 0.2) is 24.3 Å². The zero-order chi connectivity index (χ0) is 16.5. The molecular formula is C17H26N2O4. The molecule has 1 heterocycles. The van der Waals surface area contributed by atoms with Crippen LogP contribution in [0.3, 0.4) is 0 Å². The highest BCUT2D eigenvalue weighted by Gasteiger charge is 2.17. The number of carbonyl (C=O) groups excluding carboxylic acids is 1. The molecule has 6 nitrogen and oxygen atoms in total. The van der Waals surface area contributed by atoms with E-state index in [4.69, 9.17) is 14.6 Å². The number of rotatable bonds is 7. The van der Waals surface area contributed by atoms with Gasteiger partial charge in [-0.2, -0.15) is 0 Å². The molecule has 0 spiro atoms. The number of aliphatic hydroxyl groups excluding tert-OH is 1. The molecule has 1 aromatic rings. The monoisotopic (exact) mass is 322 g/mol. The number of urea groups is 1. The normalized spacial score (nSPS) is 16.8. The second kappa shape index (κ2) is 9.50. The van der Waals surface area contributed by atoms with Crippen LogP contribution in [0.2, 0.25) is 0 Å². The van der Waals surface area contributed by atoms with Crippen LogP contribution in [0.4, 0.5) is 4.79 Å². The van der Waals surface area contributed by atoms with E-state index < -0.39 is 0 Å². The largest absolute Gasteiger partial charge is 0.394 e. The Kier molecular flexibility index (Phi) is 7.32. The summed E-state index contributed by atoms with van der Waals surface area (Å²) in [5.41, 5.74) is 2.15. The van der Waals surface area contributed by atoms with Gasteiger partial charge in [-0.15, -0.1) is 0 Å². The van der Waals surface area contributed by atoms with E-state index in [1.54, 1.807) is 0 Å². The van der Waals surface area contributed by atoms with Crippen LogP contribution in [-0.2, 0) is 9.47 Å². The van der Waals surface area contributed by atoms with Gasteiger partial charge >= 0.3 is 6.03 Å². The van der Waals surface area contributed by atoms with Crippen molar-refractivity contribution in [2.75, 3.05) is 33.0 Å². The van der Waals surface area contributed by atoms with Crippen LogP contribution in [-0.4, -0.2) is 50.2 Å². The zero-order valence-electron chi connectivity index (χ0n) is 13.6. The van der Waals surface area contributed by atoms with E-state index in [2.05, 4.69) is 10.6 Å². The van der Waals surface area contributed by atoms with Crippen LogP contribution < -0.4 is 10.6 Å². The van der Waals surface area contributed by atoms with Gasteiger partial charge in [-0.1, -0.05) is 29.8 Å². The second-order valence-corrected chi connectivity index (χ2v) is 5.73. The van der Waals surface area contributed by atoms with Crippen LogP contribution in [0, 0.1) is 6.92 Å². The number of hydrogen-bond acceptors (Lipinski definition) is 4. The third kappa shape index (κ3) is 6.17. The van der Waals surface area contributed by atoms with Crippen LogP contribution >= 0.6 is 0 Å². The van der Waals surface area contributed by atoms with Crippen molar-refractivity contribution < 1.29 is 19.4 Å². The topological polar surface area (TPSA) is 79.8 Å². The number of carbonyl (C=O) groups is 1. The maximum Gasteiger partial charge on any atom is 0.315 e. The van der Waals surface area contributed by atoms with E-state index in [0.29, 0.717) is 19.8 Å². The molecule has 0 aromatic heterocycles. The molecule has 0 unspecified atom stereocenters. The minimum atomic E-state index is -0.275. The van der Waals surface area contributed by atoms with E-state index in [1.165, 1.54) is 5.56 Å². The molecule has 1 aromatic carbocycles. The molecular weight excluding hydrogens is 296 g/mol. The van der Waals surface area contributed by atoms with Crippen molar-refractivity contribution in [2.45, 2.75) is 31.9 Å². The summed E-state index contributed by atoms with van der Waals surface area (Å²) < 4.78 is 10.9. The highest BCUT2D eigenvalue weighted by Crippen LogP contribution is 2.17. The molecule has 0 bridgehead atoms. The lowest BCUT2D eigenvalue weighted by Gasteiger charge is -2.24. The first-order valence-electron chi connectivity index (χ1n) is 8.10. The summed E-state index contributed by atoms with van der Waals surface area (Å²) in [7, 11) is 0. The van der Waals surface area contributed by atoms with E-state index in [0.717, 1.165) is 18.4 Å². The summed E-state index contributed by atoms with van der Waals surface area (Å²) in [6.45, 7) is 3.95. The van der Waals surface area contributed by atoms with Gasteiger partial charge < -0.3 is 25.2 Å². The molecule has 0 saturated carbocycles. The SMILES string of the molecule is Cc1ccc([C@H](CNC(=O)NC2CCOCC2)OCCO)cc1. The fourth-order valence-corrected chi connectivity index (χ4v) is 2.51. The Bertz CT molecular complexity index is 472. The average Bonchev–Trinajstić information content (AvgIpc) is 2.57. The van der Waals surface area contributed by atoms with Gasteiger partial charge in [0.25, 0.3) is 0 Å². The predicted octanol–water partition coefficient (Wildman–Crippen LogP) is 1.52. The van der Waals surface area contributed by atoms with Gasteiger partial charge in [0.15, 0.2) is 0 Å². The molecule has 1 aliphatic rings. The number of amides is 2. The lowest BCUT2D eigenvalue weighted by Crippen LogP contribution is -2.45. The first kappa shape index (κ1) is 17.7. The van der Waals surface area contributed by atoms with E-state index >= 15 is 0 Å². The van der Waals surface area contributed by atoms with Crippen molar-refractivity contribution >= 4 is 6.03 Å². The minimum absolute atomic E-state index is 0.0450. The number of aryl methyl sites for hydroxylation is 1. The molecule has 0 radical (unpaired) electrons. The van der Waals surface area contributed by atoms with Crippen molar-refractivity contribution in [3.05, 3.63) is 35.4 Å². The quantitative estimate of drug-likeness (QED) is 0.711. The zero-order valence-corrected chi connectivity index (χ0v) is 13.6. The average molecular weight is 322 g/mol. The summed E-state index contributed by atoms with van der Waals surface area (Å²) in [5, 5.41) is 14.8. The second-order valence-electron chi connectivity index (χ2n) is 5.73. The number of ether oxygens (including phenoxy) is 2. The molecule has 128 valence electrons. The summed E-state index contributed by atoms with van der Waals surface area (Å²) in [6, 6.07) is 7.95. The van der Waals surface area contributed by atoms with E-state index in [9.17, 15) is 4.79 Å². The third-order valence-electron chi connectivity index (χ3n) is 3.86. The number of hydrogen-bond donors (Lipinski definition) is 3. The first-order valence-corrected chi connectivity index (χ1v) is 8.10. The molecule has 2 rings (SSSR count). The maximum atomic E-state index is 12.0. The molecule has 23 heavy (non-hydrogen) atoms. The Labute approximate surface area is 137 Å². The number of aliphatic hydroxyl groups is 1. The molecule has 6 heteroatoms. The van der Waals surface area contributed by atoms with Crippen molar-refractivity contribution in [1.82, 2.24) is 10.6 Å². The molecule has 1 atom stereocenters. The highest BCUT2D eigenvalue weighted by atomic mass is 16.5. The lowest BCUT2D eigenvalue weighted by atomic mass is 10.1. The molecule has 0 aliphatic carbocycles. The lowest BCUT2D eigenvalue weighted by molar-refractivity contribution is 0.0292. The van der Waals surface area contributed by atoms with Gasteiger partial charge in [0.05, 0.1) is 19.3 Å². The maximum absolute atomic E-state index is 12.0. The molecule has 2 amide bonds. The third-order valence-corrected chi connectivity index (χ3v) is 3.86. The number of nitrogens with one attached hydrogen (secondary N) is 2. The fourth-order valence-electron chi connectivity index (χ4n) is 2.51. The Morgan fingerprint density at radius 1 is 1.35 bits per heavy atom. The Hall–Kier alpha value is -1.63. The molecule has 1 saturated heterocycles. The highest BCUT2D eigenvalue weighted by molar-refractivity contribution is 5.74. The van der Waals surface area contributed by atoms with Crippen molar-refractivity contribution in [1.29, 1.82) is 0 Å². The van der Waals surface area contributed by atoms with Crippen molar-refractivity contribution in [3.8, 4) is 0 Å². The number of benzene rings is 1. The van der Waals surface area contributed by atoms with Gasteiger partial charge in [-0.3, -0.25) is 0 Å². The predicted molar refractivity (Wildman–Crippen MR) is 87.3 cm³/mol. The standard InChI is InChI=1S/C17H26N2O4/c1-13-2-4-14(5-3-13)16(23-11-8-20)12-18-17(21)19-15-6-9-22-10-7-15/h2-5,15-16,20H,6-12H2,1H3,(H2,18,19,21)/t16-/m0/s1. The van der Waals surface area contributed by atoms with Crippen molar-refractivity contribution in [2.24, 2.45) is 0 Å². The van der Waals surface area contributed by atoms with Gasteiger partial charge in [0, 0.05) is 25.8 Å². The van der Waals surface area contributed by atoms with Gasteiger partial charge in [-0.05, 0) is 25.3 Å². The Morgan fingerprint density at radius 2 is 2.04 bits per heavy atom.